The fourth-order valence-electron chi connectivity index (χ4n) is 3.79. The Hall–Kier alpha value is 0.160. The van der Waals surface area contributed by atoms with Crippen molar-refractivity contribution in [3.05, 3.63) is 0 Å². The molecule has 0 unspecified atom stereocenters. The number of alkyl halides is 1. The standard InChI is InChI=1S/C24H48INO2/c25-23-21-19-17-15-13-11-9-7-5-3-1-2-4-6-8-10-12-14-16-18-20-22-24(27)26-28/h28H,1-23H2,(H,26,27). The van der Waals surface area contributed by atoms with E-state index in [9.17, 15) is 4.79 Å². The van der Waals surface area contributed by atoms with Crippen LogP contribution in [-0.4, -0.2) is 15.5 Å². The van der Waals surface area contributed by atoms with E-state index in [1.54, 1.807) is 5.48 Å². The van der Waals surface area contributed by atoms with Gasteiger partial charge in [0, 0.05) is 6.42 Å². The highest BCUT2D eigenvalue weighted by molar-refractivity contribution is 14.1. The molecule has 0 fully saturated rings. The van der Waals surface area contributed by atoms with Crippen LogP contribution in [0.25, 0.3) is 0 Å². The van der Waals surface area contributed by atoms with E-state index in [0.29, 0.717) is 6.42 Å². The molecule has 0 saturated carbocycles. The second-order valence-corrected chi connectivity index (χ2v) is 9.48. The van der Waals surface area contributed by atoms with E-state index in [1.807, 2.05) is 0 Å². The molecule has 0 aliphatic heterocycles. The Balaban J connectivity index is 3.00. The molecule has 2 N–H and O–H groups in total. The summed E-state index contributed by atoms with van der Waals surface area (Å²) >= 11 is 2.48. The topological polar surface area (TPSA) is 49.3 Å². The first-order valence-corrected chi connectivity index (χ1v) is 13.8. The Bertz CT molecular complexity index is 313. The first-order valence-electron chi connectivity index (χ1n) is 12.3. The molecule has 0 heterocycles. The maximum atomic E-state index is 10.9. The summed E-state index contributed by atoms with van der Waals surface area (Å²) in [7, 11) is 0. The number of unbranched alkanes of at least 4 members (excludes halogenated alkanes) is 20. The summed E-state index contributed by atoms with van der Waals surface area (Å²) in [5, 5.41) is 8.41. The van der Waals surface area contributed by atoms with E-state index >= 15 is 0 Å². The predicted molar refractivity (Wildman–Crippen MR) is 130 cm³/mol. The largest absolute Gasteiger partial charge is 0.289 e. The van der Waals surface area contributed by atoms with Crippen molar-refractivity contribution in [3.63, 3.8) is 0 Å². The van der Waals surface area contributed by atoms with Crippen molar-refractivity contribution < 1.29 is 10.0 Å². The smallest absolute Gasteiger partial charge is 0.243 e. The van der Waals surface area contributed by atoms with Crippen LogP contribution in [-0.2, 0) is 4.79 Å². The first-order chi connectivity index (χ1) is 13.8. The zero-order valence-electron chi connectivity index (χ0n) is 18.5. The van der Waals surface area contributed by atoms with Crippen LogP contribution in [0.1, 0.15) is 141 Å². The van der Waals surface area contributed by atoms with Crippen molar-refractivity contribution in [2.24, 2.45) is 0 Å². The monoisotopic (exact) mass is 509 g/mol. The summed E-state index contributed by atoms with van der Waals surface area (Å²) in [6, 6.07) is 0. The molecule has 1 amide bonds. The van der Waals surface area contributed by atoms with Gasteiger partial charge >= 0.3 is 0 Å². The number of amides is 1. The van der Waals surface area contributed by atoms with Crippen molar-refractivity contribution >= 4 is 28.5 Å². The molecule has 0 aliphatic rings. The van der Waals surface area contributed by atoms with Crippen LogP contribution in [0.5, 0.6) is 0 Å². The Kier molecular flexibility index (Phi) is 25.3. The molecule has 0 spiro atoms. The molecular formula is C24H48INO2. The van der Waals surface area contributed by atoms with E-state index < -0.39 is 0 Å². The summed E-state index contributed by atoms with van der Waals surface area (Å²) in [5.74, 6) is -0.257. The fraction of sp³-hybridized carbons (Fsp3) is 0.958. The molecule has 0 radical (unpaired) electrons. The van der Waals surface area contributed by atoms with Crippen molar-refractivity contribution in [1.82, 2.24) is 5.48 Å². The number of rotatable bonds is 23. The van der Waals surface area contributed by atoms with Crippen LogP contribution in [0.15, 0.2) is 0 Å². The number of hydrogen-bond donors (Lipinski definition) is 2. The average Bonchev–Trinajstić information content (AvgIpc) is 2.71. The van der Waals surface area contributed by atoms with Gasteiger partial charge in [-0.3, -0.25) is 10.0 Å². The molecule has 0 aromatic carbocycles. The molecule has 3 nitrogen and oxygen atoms in total. The van der Waals surface area contributed by atoms with Crippen LogP contribution in [0.3, 0.4) is 0 Å². The molecule has 4 heteroatoms. The van der Waals surface area contributed by atoms with Gasteiger partial charge in [-0.1, -0.05) is 145 Å². The van der Waals surface area contributed by atoms with Gasteiger partial charge in [-0.25, -0.2) is 5.48 Å². The molecule has 28 heavy (non-hydrogen) atoms. The Morgan fingerprint density at radius 2 is 0.750 bits per heavy atom. The molecular weight excluding hydrogens is 461 g/mol. The lowest BCUT2D eigenvalue weighted by Gasteiger charge is -2.04. The average molecular weight is 510 g/mol. The minimum atomic E-state index is -0.257. The highest BCUT2D eigenvalue weighted by atomic mass is 127. The lowest BCUT2D eigenvalue weighted by molar-refractivity contribution is -0.129. The third-order valence-electron chi connectivity index (χ3n) is 5.66. The van der Waals surface area contributed by atoms with Gasteiger partial charge in [-0.15, -0.1) is 0 Å². The summed E-state index contributed by atoms with van der Waals surface area (Å²) in [5.41, 5.74) is 1.69. The van der Waals surface area contributed by atoms with E-state index in [1.165, 1.54) is 126 Å². The number of halogens is 1. The number of carbonyl (C=O) groups is 1. The van der Waals surface area contributed by atoms with Crippen molar-refractivity contribution in [3.8, 4) is 0 Å². The SMILES string of the molecule is O=C(CCCCCCCCCCCCCCCCCCCCCCCI)NO. The van der Waals surface area contributed by atoms with Crippen LogP contribution >= 0.6 is 22.6 Å². The summed E-state index contributed by atoms with van der Waals surface area (Å²) in [4.78, 5) is 10.9. The van der Waals surface area contributed by atoms with Gasteiger partial charge in [-0.05, 0) is 17.3 Å². The number of carbonyl (C=O) groups excluding carboxylic acids is 1. The molecule has 0 saturated heterocycles. The third-order valence-corrected chi connectivity index (χ3v) is 6.42. The second kappa shape index (κ2) is 25.2. The zero-order chi connectivity index (χ0) is 20.5. The third kappa shape index (κ3) is 24.2. The minimum absolute atomic E-state index is 0.257. The fourth-order valence-corrected chi connectivity index (χ4v) is 4.33. The first kappa shape index (κ1) is 28.2. The highest BCUT2D eigenvalue weighted by Gasteiger charge is 1.98. The van der Waals surface area contributed by atoms with Gasteiger partial charge < -0.3 is 0 Å². The van der Waals surface area contributed by atoms with E-state index in [4.69, 9.17) is 5.21 Å². The molecule has 0 bridgehead atoms. The van der Waals surface area contributed by atoms with Crippen LogP contribution < -0.4 is 5.48 Å². The highest BCUT2D eigenvalue weighted by Crippen LogP contribution is 2.15. The van der Waals surface area contributed by atoms with Gasteiger partial charge in [0.25, 0.3) is 0 Å². The summed E-state index contributed by atoms with van der Waals surface area (Å²) in [6.07, 6.45) is 29.3. The quantitative estimate of drug-likeness (QED) is 0.0477. The van der Waals surface area contributed by atoms with Gasteiger partial charge in [0.15, 0.2) is 0 Å². The molecule has 168 valence electrons. The lowest BCUT2D eigenvalue weighted by atomic mass is 10.0. The van der Waals surface area contributed by atoms with E-state index in [-0.39, 0.29) is 5.91 Å². The number of hydrogen-bond acceptors (Lipinski definition) is 2. The van der Waals surface area contributed by atoms with Crippen LogP contribution in [0, 0.1) is 0 Å². The van der Waals surface area contributed by atoms with Crippen molar-refractivity contribution in [2.45, 2.75) is 141 Å². The number of hydroxylamine groups is 1. The van der Waals surface area contributed by atoms with Gasteiger partial charge in [0.05, 0.1) is 0 Å². The lowest BCUT2D eigenvalue weighted by Crippen LogP contribution is -2.17. The molecule has 0 rings (SSSR count). The minimum Gasteiger partial charge on any atom is -0.289 e. The Labute approximate surface area is 189 Å². The molecule has 0 aliphatic carbocycles. The Morgan fingerprint density at radius 1 is 0.500 bits per heavy atom. The predicted octanol–water partition coefficient (Wildman–Crippen LogP) is 8.51. The van der Waals surface area contributed by atoms with E-state index in [2.05, 4.69) is 22.6 Å². The van der Waals surface area contributed by atoms with E-state index in [0.717, 1.165) is 12.8 Å². The van der Waals surface area contributed by atoms with Gasteiger partial charge in [0.2, 0.25) is 5.91 Å². The molecule has 0 aromatic heterocycles. The maximum Gasteiger partial charge on any atom is 0.243 e. The Morgan fingerprint density at radius 3 is 1.00 bits per heavy atom. The normalized spacial score (nSPS) is 11.1. The van der Waals surface area contributed by atoms with Crippen LogP contribution in [0.2, 0.25) is 0 Å². The van der Waals surface area contributed by atoms with Gasteiger partial charge in [0.1, 0.15) is 0 Å². The molecule has 0 atom stereocenters. The van der Waals surface area contributed by atoms with Gasteiger partial charge in [-0.2, -0.15) is 0 Å². The summed E-state index contributed by atoms with van der Waals surface area (Å²) in [6.45, 7) is 0. The second-order valence-electron chi connectivity index (χ2n) is 8.40. The zero-order valence-corrected chi connectivity index (χ0v) is 20.7. The maximum absolute atomic E-state index is 10.9. The van der Waals surface area contributed by atoms with Crippen molar-refractivity contribution in [2.75, 3.05) is 4.43 Å². The van der Waals surface area contributed by atoms with Crippen molar-refractivity contribution in [1.29, 1.82) is 0 Å². The summed E-state index contributed by atoms with van der Waals surface area (Å²) < 4.78 is 1.33. The van der Waals surface area contributed by atoms with Crippen LogP contribution in [0.4, 0.5) is 0 Å². The molecule has 0 aromatic rings. The number of nitrogens with one attached hydrogen (secondary N) is 1.